The Balaban J connectivity index is 1.96. The minimum atomic E-state index is -1.65. The van der Waals surface area contributed by atoms with Crippen molar-refractivity contribution in [3.63, 3.8) is 0 Å². The number of rotatable bonds is 5. The van der Waals surface area contributed by atoms with Crippen molar-refractivity contribution in [3.05, 3.63) is 35.7 Å². The number of halogens is 2. The maximum atomic E-state index is 12.4. The van der Waals surface area contributed by atoms with Gasteiger partial charge in [-0.25, -0.2) is 4.98 Å². The lowest BCUT2D eigenvalue weighted by atomic mass is 10.1. The van der Waals surface area contributed by atoms with E-state index in [0.717, 1.165) is 17.3 Å². The summed E-state index contributed by atoms with van der Waals surface area (Å²) in [7, 11) is 2.95. The van der Waals surface area contributed by atoms with E-state index >= 15 is 0 Å². The fourth-order valence-corrected chi connectivity index (χ4v) is 2.67. The van der Waals surface area contributed by atoms with E-state index in [1.54, 1.807) is 6.20 Å². The Morgan fingerprint density at radius 1 is 1.25 bits per heavy atom. The van der Waals surface area contributed by atoms with Crippen LogP contribution in [0, 0.1) is 12.8 Å². The molecule has 2 aromatic heterocycles. The summed E-state index contributed by atoms with van der Waals surface area (Å²) in [5, 5.41) is 8.30. The summed E-state index contributed by atoms with van der Waals surface area (Å²) in [5.74, 6) is 0.193. The van der Waals surface area contributed by atoms with Crippen LogP contribution in [0.3, 0.4) is 0 Å². The van der Waals surface area contributed by atoms with Crippen LogP contribution in [-0.4, -0.2) is 34.4 Å². The van der Waals surface area contributed by atoms with Crippen molar-refractivity contribution in [1.82, 2.24) is 20.2 Å². The Morgan fingerprint density at radius 3 is 2.71 bits per heavy atom. The summed E-state index contributed by atoms with van der Waals surface area (Å²) in [5.41, 5.74) is 2.73. The molecule has 3 rings (SSSR count). The minimum absolute atomic E-state index is 0.0333. The van der Waals surface area contributed by atoms with Gasteiger partial charge in [0.25, 0.3) is 6.08 Å². The zero-order valence-corrected chi connectivity index (χ0v) is 13.5. The third kappa shape index (κ3) is 3.17. The van der Waals surface area contributed by atoms with E-state index in [-0.39, 0.29) is 17.8 Å². The van der Waals surface area contributed by atoms with Crippen molar-refractivity contribution < 1.29 is 18.3 Å². The van der Waals surface area contributed by atoms with Crippen LogP contribution in [0.25, 0.3) is 11.3 Å². The molecule has 0 spiro atoms. The van der Waals surface area contributed by atoms with Gasteiger partial charge in [0, 0.05) is 6.20 Å². The molecule has 0 N–H and O–H groups in total. The predicted octanol–water partition coefficient (Wildman–Crippen LogP) is 3.14. The molecule has 126 valence electrons. The van der Waals surface area contributed by atoms with Gasteiger partial charge in [-0.05, 0) is 42.9 Å². The third-order valence-electron chi connectivity index (χ3n) is 3.98. The van der Waals surface area contributed by atoms with Gasteiger partial charge in [-0.15, -0.1) is 5.10 Å². The van der Waals surface area contributed by atoms with Gasteiger partial charge in [0.2, 0.25) is 5.88 Å². The van der Waals surface area contributed by atoms with Crippen molar-refractivity contribution in [3.8, 4) is 23.1 Å². The van der Waals surface area contributed by atoms with E-state index in [9.17, 15) is 8.78 Å². The third-order valence-corrected chi connectivity index (χ3v) is 3.98. The van der Waals surface area contributed by atoms with Crippen LogP contribution in [0.2, 0.25) is 0 Å². The Labute approximate surface area is 137 Å². The number of aromatic nitrogens is 4. The Bertz CT molecular complexity index is 794. The normalized spacial score (nSPS) is 18.9. The highest BCUT2D eigenvalue weighted by Gasteiger charge is 2.39. The number of nitrogens with zero attached hydrogens (tertiary/aromatic N) is 4. The van der Waals surface area contributed by atoms with Crippen LogP contribution in [0.1, 0.15) is 23.6 Å². The largest absolute Gasteiger partial charge is 0.480 e. The van der Waals surface area contributed by atoms with Gasteiger partial charge in [-0.2, -0.15) is 18.9 Å². The second kappa shape index (κ2) is 6.46. The molecule has 0 aliphatic heterocycles. The van der Waals surface area contributed by atoms with Crippen LogP contribution in [-0.2, 0) is 0 Å². The Kier molecular flexibility index (Phi) is 4.37. The van der Waals surface area contributed by atoms with E-state index in [2.05, 4.69) is 20.2 Å². The summed E-state index contributed by atoms with van der Waals surface area (Å²) in [4.78, 5) is 8.18. The maximum Gasteiger partial charge on any atom is 0.319 e. The standard InChI is InChI=1S/C16H16F2N4O2/c1-8-10(11-4-9(11)5-14(17)18)6-13(22-21-8)12-7-19-16(24-3)20-15(12)23-2/h5-7,9,11H,4H2,1-3H3/t9-,11?/m1/s1. The molecule has 1 aliphatic rings. The average molecular weight is 334 g/mol. The molecule has 24 heavy (non-hydrogen) atoms. The van der Waals surface area contributed by atoms with Crippen LogP contribution < -0.4 is 9.47 Å². The minimum Gasteiger partial charge on any atom is -0.480 e. The van der Waals surface area contributed by atoms with E-state index in [1.807, 2.05) is 13.0 Å². The van der Waals surface area contributed by atoms with Gasteiger partial charge in [-0.3, -0.25) is 0 Å². The molecule has 6 nitrogen and oxygen atoms in total. The summed E-state index contributed by atoms with van der Waals surface area (Å²) < 4.78 is 35.1. The first-order chi connectivity index (χ1) is 11.5. The van der Waals surface area contributed by atoms with E-state index in [1.165, 1.54) is 14.2 Å². The van der Waals surface area contributed by atoms with Crippen molar-refractivity contribution in [1.29, 1.82) is 0 Å². The smallest absolute Gasteiger partial charge is 0.319 e. The maximum absolute atomic E-state index is 12.4. The van der Waals surface area contributed by atoms with Crippen molar-refractivity contribution >= 4 is 0 Å². The van der Waals surface area contributed by atoms with Crippen LogP contribution in [0.15, 0.2) is 24.4 Å². The molecule has 0 bridgehead atoms. The van der Waals surface area contributed by atoms with E-state index < -0.39 is 6.08 Å². The molecule has 8 heteroatoms. The monoisotopic (exact) mass is 334 g/mol. The summed E-state index contributed by atoms with van der Waals surface area (Å²) in [6.07, 6.45) is 1.58. The van der Waals surface area contributed by atoms with Crippen LogP contribution >= 0.6 is 0 Å². The molecular formula is C16H16F2N4O2. The zero-order valence-electron chi connectivity index (χ0n) is 13.5. The quantitative estimate of drug-likeness (QED) is 0.836. The highest BCUT2D eigenvalue weighted by Crippen LogP contribution is 2.50. The zero-order chi connectivity index (χ0) is 17.3. The molecule has 2 atom stereocenters. The van der Waals surface area contributed by atoms with Gasteiger partial charge >= 0.3 is 6.01 Å². The summed E-state index contributed by atoms with van der Waals surface area (Å²) in [6.45, 7) is 1.82. The number of hydrogen-bond acceptors (Lipinski definition) is 6. The lowest BCUT2D eigenvalue weighted by molar-refractivity contribution is 0.353. The molecular weight excluding hydrogens is 318 g/mol. The van der Waals surface area contributed by atoms with Crippen molar-refractivity contribution in [2.75, 3.05) is 14.2 Å². The lowest BCUT2D eigenvalue weighted by Gasteiger charge is -2.09. The molecule has 2 aromatic rings. The van der Waals surface area contributed by atoms with Gasteiger partial charge in [0.05, 0.1) is 25.5 Å². The Hall–Kier alpha value is -2.64. The lowest BCUT2D eigenvalue weighted by Crippen LogP contribution is -2.01. The van der Waals surface area contributed by atoms with Gasteiger partial charge in [0.1, 0.15) is 5.69 Å². The predicted molar refractivity (Wildman–Crippen MR) is 82.0 cm³/mol. The topological polar surface area (TPSA) is 70.0 Å². The number of methoxy groups -OCH3 is 2. The Morgan fingerprint density at radius 2 is 2.04 bits per heavy atom. The second-order valence-corrected chi connectivity index (χ2v) is 5.51. The molecule has 0 radical (unpaired) electrons. The number of allylic oxidation sites excluding steroid dienone is 1. The fraction of sp³-hybridized carbons (Fsp3) is 0.375. The molecule has 0 saturated heterocycles. The molecule has 1 aliphatic carbocycles. The SMILES string of the molecule is COc1ncc(-c2cc(C3C[C@@H]3C=C(F)F)c(C)nn2)c(OC)n1. The number of ether oxygens (including phenoxy) is 2. The second-order valence-electron chi connectivity index (χ2n) is 5.51. The van der Waals surface area contributed by atoms with Gasteiger partial charge < -0.3 is 9.47 Å². The first-order valence-electron chi connectivity index (χ1n) is 7.36. The summed E-state index contributed by atoms with van der Waals surface area (Å²) >= 11 is 0. The molecule has 1 fully saturated rings. The molecule has 2 heterocycles. The first kappa shape index (κ1) is 16.2. The van der Waals surface area contributed by atoms with Crippen molar-refractivity contribution in [2.45, 2.75) is 19.3 Å². The molecule has 1 unspecified atom stereocenters. The molecule has 0 amide bonds. The summed E-state index contributed by atoms with van der Waals surface area (Å²) in [6, 6.07) is 2.02. The van der Waals surface area contributed by atoms with E-state index in [0.29, 0.717) is 23.6 Å². The highest BCUT2D eigenvalue weighted by atomic mass is 19.3. The van der Waals surface area contributed by atoms with E-state index in [4.69, 9.17) is 9.47 Å². The fourth-order valence-electron chi connectivity index (χ4n) is 2.67. The highest BCUT2D eigenvalue weighted by molar-refractivity contribution is 5.65. The van der Waals surface area contributed by atoms with Crippen LogP contribution in [0.5, 0.6) is 11.9 Å². The number of aryl methyl sites for hydroxylation is 1. The van der Waals surface area contributed by atoms with Crippen LogP contribution in [0.4, 0.5) is 8.78 Å². The van der Waals surface area contributed by atoms with Gasteiger partial charge in [0.15, 0.2) is 0 Å². The molecule has 1 saturated carbocycles. The average Bonchev–Trinajstić information content (AvgIpc) is 3.32. The number of hydrogen-bond donors (Lipinski definition) is 0. The molecule has 0 aromatic carbocycles. The van der Waals surface area contributed by atoms with Crippen molar-refractivity contribution in [2.24, 2.45) is 5.92 Å². The first-order valence-corrected chi connectivity index (χ1v) is 7.36. The van der Waals surface area contributed by atoms with Gasteiger partial charge in [-0.1, -0.05) is 0 Å².